The normalized spacial score (nSPS) is 13.2. The van der Waals surface area contributed by atoms with Gasteiger partial charge in [0.15, 0.2) is 0 Å². The highest BCUT2D eigenvalue weighted by Gasteiger charge is 2.13. The van der Waals surface area contributed by atoms with Crippen LogP contribution in [0, 0.1) is 0 Å². The van der Waals surface area contributed by atoms with Crippen molar-refractivity contribution in [2.45, 2.75) is 32.3 Å². The van der Waals surface area contributed by atoms with E-state index in [4.69, 9.17) is 0 Å². The number of fused-ring (bicyclic) bond motifs is 1. The molecule has 1 aromatic carbocycles. The number of rotatable bonds is 4. The van der Waals surface area contributed by atoms with Crippen LogP contribution < -0.4 is 0 Å². The summed E-state index contributed by atoms with van der Waals surface area (Å²) in [5, 5.41) is 13.4. The second kappa shape index (κ2) is 5.30. The molecule has 0 saturated heterocycles. The van der Waals surface area contributed by atoms with Crippen molar-refractivity contribution in [1.29, 1.82) is 0 Å². The summed E-state index contributed by atoms with van der Waals surface area (Å²) in [6.45, 7) is 2.15. The summed E-state index contributed by atoms with van der Waals surface area (Å²) in [6, 6.07) is 6.15. The molecule has 3 heteroatoms. The van der Waals surface area contributed by atoms with E-state index in [1.165, 1.54) is 10.1 Å². The number of hydrogen-bond acceptors (Lipinski definition) is 2. The molecule has 1 aromatic heterocycles. The fourth-order valence-electron chi connectivity index (χ4n) is 1.85. The van der Waals surface area contributed by atoms with Crippen LogP contribution in [-0.4, -0.2) is 5.11 Å². The summed E-state index contributed by atoms with van der Waals surface area (Å²) in [7, 11) is 0. The third-order valence-corrected chi connectivity index (χ3v) is 4.74. The average molecular weight is 299 g/mol. The molecule has 0 aliphatic rings. The van der Waals surface area contributed by atoms with Crippen molar-refractivity contribution in [3.63, 3.8) is 0 Å². The van der Waals surface area contributed by atoms with Gasteiger partial charge in [-0.15, -0.1) is 11.3 Å². The Kier molecular flexibility index (Phi) is 4.00. The molecule has 1 atom stereocenters. The molecule has 0 fully saturated rings. The fraction of sp³-hybridized carbons (Fsp3) is 0.385. The maximum atomic E-state index is 10.1. The number of halogens is 1. The Balaban J connectivity index is 2.34. The number of aliphatic hydroxyl groups excluding tert-OH is 1. The van der Waals surface area contributed by atoms with Crippen molar-refractivity contribution >= 4 is 37.4 Å². The van der Waals surface area contributed by atoms with Crippen LogP contribution in [0.15, 0.2) is 28.1 Å². The van der Waals surface area contributed by atoms with Crippen molar-refractivity contribution < 1.29 is 5.11 Å². The molecule has 1 nitrogen and oxygen atoms in total. The zero-order valence-corrected chi connectivity index (χ0v) is 11.6. The first kappa shape index (κ1) is 12.1. The molecule has 1 unspecified atom stereocenters. The molecule has 0 radical (unpaired) electrons. The highest BCUT2D eigenvalue weighted by Crippen LogP contribution is 2.36. The topological polar surface area (TPSA) is 20.2 Å². The van der Waals surface area contributed by atoms with Gasteiger partial charge in [0, 0.05) is 9.17 Å². The lowest BCUT2D eigenvalue weighted by atomic mass is 10.0. The van der Waals surface area contributed by atoms with E-state index in [1.807, 2.05) is 12.1 Å². The molecular formula is C13H15BrOS. The average Bonchev–Trinajstić information content (AvgIpc) is 2.71. The molecule has 1 N–H and O–H groups in total. The van der Waals surface area contributed by atoms with Gasteiger partial charge in [0.2, 0.25) is 0 Å². The minimum absolute atomic E-state index is 0.317. The van der Waals surface area contributed by atoms with Gasteiger partial charge in [-0.1, -0.05) is 31.9 Å². The van der Waals surface area contributed by atoms with Crippen LogP contribution in [-0.2, 0) is 0 Å². The minimum Gasteiger partial charge on any atom is -0.388 e. The first-order valence-electron chi connectivity index (χ1n) is 5.57. The third kappa shape index (κ3) is 2.31. The Morgan fingerprint density at radius 1 is 1.44 bits per heavy atom. The van der Waals surface area contributed by atoms with Crippen molar-refractivity contribution in [1.82, 2.24) is 0 Å². The Labute approximate surface area is 108 Å². The smallest absolute Gasteiger partial charge is 0.0804 e. The van der Waals surface area contributed by atoms with E-state index in [0.29, 0.717) is 0 Å². The van der Waals surface area contributed by atoms with Gasteiger partial charge >= 0.3 is 0 Å². The number of thiophene rings is 1. The Hall–Kier alpha value is -0.380. The van der Waals surface area contributed by atoms with E-state index >= 15 is 0 Å². The Morgan fingerprint density at radius 2 is 2.25 bits per heavy atom. The van der Waals surface area contributed by atoms with E-state index < -0.39 is 0 Å². The first-order chi connectivity index (χ1) is 7.74. The van der Waals surface area contributed by atoms with Crippen LogP contribution in [0.2, 0.25) is 0 Å². The zero-order valence-electron chi connectivity index (χ0n) is 9.24. The summed E-state index contributed by atoms with van der Waals surface area (Å²) >= 11 is 5.24. The summed E-state index contributed by atoms with van der Waals surface area (Å²) in [6.07, 6.45) is 2.74. The van der Waals surface area contributed by atoms with Gasteiger partial charge in [-0.25, -0.2) is 0 Å². The van der Waals surface area contributed by atoms with Crippen LogP contribution >= 0.6 is 27.3 Å². The largest absolute Gasteiger partial charge is 0.388 e. The van der Waals surface area contributed by atoms with E-state index in [0.717, 1.165) is 29.3 Å². The molecule has 0 spiro atoms. The summed E-state index contributed by atoms with van der Waals surface area (Å²) in [5.74, 6) is 0. The lowest BCUT2D eigenvalue weighted by Gasteiger charge is -2.08. The summed E-state index contributed by atoms with van der Waals surface area (Å²) in [4.78, 5) is 0. The molecule has 0 aliphatic carbocycles. The van der Waals surface area contributed by atoms with Gasteiger partial charge in [-0.2, -0.15) is 0 Å². The highest BCUT2D eigenvalue weighted by atomic mass is 79.9. The highest BCUT2D eigenvalue weighted by molar-refractivity contribution is 9.10. The molecule has 0 amide bonds. The molecule has 1 heterocycles. The molecular weight excluding hydrogens is 284 g/mol. The maximum absolute atomic E-state index is 10.1. The second-order valence-electron chi connectivity index (χ2n) is 3.97. The second-order valence-corrected chi connectivity index (χ2v) is 5.70. The third-order valence-electron chi connectivity index (χ3n) is 2.77. The van der Waals surface area contributed by atoms with Crippen LogP contribution in [0.5, 0.6) is 0 Å². The monoisotopic (exact) mass is 298 g/mol. The molecule has 0 saturated carbocycles. The number of hydrogen-bond donors (Lipinski definition) is 1. The summed E-state index contributed by atoms with van der Waals surface area (Å²) < 4.78 is 2.34. The van der Waals surface area contributed by atoms with Gasteiger partial charge < -0.3 is 5.11 Å². The van der Waals surface area contributed by atoms with E-state index in [9.17, 15) is 5.11 Å². The van der Waals surface area contributed by atoms with Crippen LogP contribution in [0.4, 0.5) is 0 Å². The molecule has 2 aromatic rings. The zero-order chi connectivity index (χ0) is 11.5. The van der Waals surface area contributed by atoms with Gasteiger partial charge in [-0.05, 0) is 44.7 Å². The van der Waals surface area contributed by atoms with Crippen molar-refractivity contribution in [2.24, 2.45) is 0 Å². The molecule has 86 valence electrons. The molecule has 0 bridgehead atoms. The lowest BCUT2D eigenvalue weighted by molar-refractivity contribution is 0.166. The SMILES string of the molecule is CCCCC(O)c1csc2c(Br)cccc12. The quantitative estimate of drug-likeness (QED) is 0.852. The molecule has 2 rings (SSSR count). The Bertz CT molecular complexity index is 478. The fourth-order valence-corrected chi connectivity index (χ4v) is 3.52. The first-order valence-corrected chi connectivity index (χ1v) is 7.25. The van der Waals surface area contributed by atoms with E-state index in [2.05, 4.69) is 34.3 Å². The lowest BCUT2D eigenvalue weighted by Crippen LogP contribution is -1.95. The number of benzene rings is 1. The van der Waals surface area contributed by atoms with Gasteiger partial charge in [-0.3, -0.25) is 0 Å². The van der Waals surface area contributed by atoms with Crippen molar-refractivity contribution in [3.05, 3.63) is 33.6 Å². The molecule has 0 aliphatic heterocycles. The summed E-state index contributed by atoms with van der Waals surface area (Å²) in [5.41, 5.74) is 1.08. The molecule has 16 heavy (non-hydrogen) atoms. The number of aliphatic hydroxyl groups is 1. The van der Waals surface area contributed by atoms with E-state index in [-0.39, 0.29) is 6.10 Å². The Morgan fingerprint density at radius 3 is 3.00 bits per heavy atom. The number of unbranched alkanes of at least 4 members (excludes halogenated alkanes) is 1. The predicted octanol–water partition coefficient (Wildman–Crippen LogP) is 4.89. The van der Waals surface area contributed by atoms with Gasteiger partial charge in [0.25, 0.3) is 0 Å². The van der Waals surface area contributed by atoms with Crippen molar-refractivity contribution in [2.75, 3.05) is 0 Å². The van der Waals surface area contributed by atoms with Crippen LogP contribution in [0.1, 0.15) is 37.9 Å². The van der Waals surface area contributed by atoms with Crippen LogP contribution in [0.3, 0.4) is 0 Å². The van der Waals surface area contributed by atoms with Crippen LogP contribution in [0.25, 0.3) is 10.1 Å². The van der Waals surface area contributed by atoms with Crippen molar-refractivity contribution in [3.8, 4) is 0 Å². The van der Waals surface area contributed by atoms with Gasteiger partial charge in [0.1, 0.15) is 0 Å². The predicted molar refractivity (Wildman–Crippen MR) is 74.0 cm³/mol. The van der Waals surface area contributed by atoms with Gasteiger partial charge in [0.05, 0.1) is 6.10 Å². The maximum Gasteiger partial charge on any atom is 0.0804 e. The van der Waals surface area contributed by atoms with E-state index in [1.54, 1.807) is 11.3 Å². The minimum atomic E-state index is -0.317. The standard InChI is InChI=1S/C13H15BrOS/c1-2-3-7-12(15)10-8-16-13-9(10)5-4-6-11(13)14/h4-6,8,12,15H,2-3,7H2,1H3.